The molecule has 0 radical (unpaired) electrons. The quantitative estimate of drug-likeness (QED) is 0.505. The fourth-order valence-electron chi connectivity index (χ4n) is 0.947. The number of nitrogens with one attached hydrogen (secondary N) is 1. The Hall–Kier alpha value is -2.11. The van der Waals surface area contributed by atoms with E-state index in [1.54, 1.807) is 12.1 Å². The van der Waals surface area contributed by atoms with Gasteiger partial charge in [-0.15, -0.1) is 0 Å². The van der Waals surface area contributed by atoms with Crippen molar-refractivity contribution in [1.82, 2.24) is 0 Å². The lowest BCUT2D eigenvalue weighted by Crippen LogP contribution is -2.13. The zero-order valence-corrected chi connectivity index (χ0v) is 9.79. The summed E-state index contributed by atoms with van der Waals surface area (Å²) in [4.78, 5) is 11.2. The van der Waals surface area contributed by atoms with E-state index >= 15 is 0 Å². The third kappa shape index (κ3) is 6.14. The normalized spacial score (nSPS) is 8.41. The molecule has 5 heteroatoms. The number of rotatable bonds is 3. The number of amides is 1. The van der Waals surface area contributed by atoms with E-state index in [0.29, 0.717) is 11.4 Å². The van der Waals surface area contributed by atoms with Crippen LogP contribution in [0, 0.1) is 22.5 Å². The fourth-order valence-corrected chi connectivity index (χ4v) is 1.19. The topological polar surface area (TPSA) is 62.1 Å². The van der Waals surface area contributed by atoms with Gasteiger partial charge in [0.1, 0.15) is 5.40 Å². The van der Waals surface area contributed by atoms with E-state index < -0.39 is 6.09 Å². The minimum atomic E-state index is -0.543. The van der Waals surface area contributed by atoms with Gasteiger partial charge in [-0.25, -0.2) is 4.79 Å². The maximum Gasteiger partial charge on any atom is 0.412 e. The molecule has 1 N–H and O–H groups in total. The molecular weight excluding hydrogens is 236 g/mol. The minimum Gasteiger partial charge on any atom is -0.436 e. The van der Waals surface area contributed by atoms with Crippen LogP contribution in [0.15, 0.2) is 30.3 Å². The van der Waals surface area contributed by atoms with Crippen molar-refractivity contribution in [3.8, 4) is 17.2 Å². The van der Waals surface area contributed by atoms with Gasteiger partial charge in [-0.2, -0.15) is 5.26 Å². The number of nitriles is 1. The number of carbonyl (C=O) groups is 1. The molecule has 0 saturated carbocycles. The Morgan fingerprint density at radius 1 is 1.35 bits per heavy atom. The van der Waals surface area contributed by atoms with Crippen LogP contribution in [0.4, 0.5) is 10.5 Å². The Labute approximate surface area is 104 Å². The maximum atomic E-state index is 11.2. The zero-order valence-electron chi connectivity index (χ0n) is 8.97. The van der Waals surface area contributed by atoms with Gasteiger partial charge in [0.05, 0.1) is 5.75 Å². The standard InChI is InChI=1S/C12H10N2O2S/c13-10-17-9-5-4-8-16-12(15)14-11-6-2-1-3-7-11/h1-3,6-7H,8-9H2,(H,14,15). The lowest BCUT2D eigenvalue weighted by molar-refractivity contribution is 0.176. The van der Waals surface area contributed by atoms with Crippen molar-refractivity contribution in [1.29, 1.82) is 5.26 Å². The summed E-state index contributed by atoms with van der Waals surface area (Å²) in [5.41, 5.74) is 0.672. The number of ether oxygens (including phenoxy) is 1. The van der Waals surface area contributed by atoms with Gasteiger partial charge in [0.25, 0.3) is 0 Å². The van der Waals surface area contributed by atoms with E-state index in [4.69, 9.17) is 10.00 Å². The number of thiocyanates is 1. The van der Waals surface area contributed by atoms with Gasteiger partial charge < -0.3 is 4.74 Å². The molecule has 0 heterocycles. The fraction of sp³-hybridized carbons (Fsp3) is 0.167. The highest BCUT2D eigenvalue weighted by molar-refractivity contribution is 8.03. The van der Waals surface area contributed by atoms with Crippen LogP contribution in [0.3, 0.4) is 0 Å². The van der Waals surface area contributed by atoms with Gasteiger partial charge in [0.2, 0.25) is 0 Å². The number of carbonyl (C=O) groups excluding carboxylic acids is 1. The number of nitrogens with zero attached hydrogens (tertiary/aromatic N) is 1. The maximum absolute atomic E-state index is 11.2. The van der Waals surface area contributed by atoms with E-state index in [-0.39, 0.29) is 6.61 Å². The van der Waals surface area contributed by atoms with Crippen LogP contribution < -0.4 is 5.32 Å². The zero-order chi connectivity index (χ0) is 12.3. The molecule has 1 rings (SSSR count). The van der Waals surface area contributed by atoms with Gasteiger partial charge in [-0.05, 0) is 23.9 Å². The third-order valence-corrected chi connectivity index (χ3v) is 2.05. The molecular formula is C12H10N2O2S. The molecule has 0 atom stereocenters. The van der Waals surface area contributed by atoms with E-state index in [2.05, 4.69) is 17.2 Å². The van der Waals surface area contributed by atoms with Crippen molar-refractivity contribution < 1.29 is 9.53 Å². The molecule has 86 valence electrons. The summed E-state index contributed by atoms with van der Waals surface area (Å²) < 4.78 is 4.81. The number of benzene rings is 1. The summed E-state index contributed by atoms with van der Waals surface area (Å²) in [7, 11) is 0. The lowest BCUT2D eigenvalue weighted by atomic mass is 10.3. The second-order valence-electron chi connectivity index (χ2n) is 2.80. The number of hydrogen-bond acceptors (Lipinski definition) is 4. The summed E-state index contributed by atoms with van der Waals surface area (Å²) in [5, 5.41) is 12.7. The second kappa shape index (κ2) is 8.09. The molecule has 0 aromatic heterocycles. The van der Waals surface area contributed by atoms with E-state index in [0.717, 1.165) is 11.8 Å². The SMILES string of the molecule is N#CSCC#CCOC(=O)Nc1ccccc1. The van der Waals surface area contributed by atoms with Crippen molar-refractivity contribution in [3.63, 3.8) is 0 Å². The van der Waals surface area contributed by atoms with Crippen LogP contribution in [0.5, 0.6) is 0 Å². The highest BCUT2D eigenvalue weighted by Crippen LogP contribution is 2.04. The van der Waals surface area contributed by atoms with Gasteiger partial charge in [0.15, 0.2) is 6.61 Å². The Bertz CT molecular complexity index is 457. The number of hydrogen-bond donors (Lipinski definition) is 1. The summed E-state index contributed by atoms with van der Waals surface area (Å²) in [6, 6.07) is 9.00. The predicted octanol–water partition coefficient (Wildman–Crippen LogP) is 2.45. The first-order valence-corrected chi connectivity index (χ1v) is 5.77. The molecule has 0 aliphatic carbocycles. The summed E-state index contributed by atoms with van der Waals surface area (Å²) >= 11 is 1.05. The molecule has 0 aliphatic rings. The van der Waals surface area contributed by atoms with Crippen molar-refractivity contribution >= 4 is 23.5 Å². The molecule has 1 aromatic rings. The Morgan fingerprint density at radius 2 is 2.12 bits per heavy atom. The summed E-state index contributed by atoms with van der Waals surface area (Å²) in [5.74, 6) is 5.74. The predicted molar refractivity (Wildman–Crippen MR) is 67.3 cm³/mol. The van der Waals surface area contributed by atoms with Gasteiger partial charge >= 0.3 is 6.09 Å². The largest absolute Gasteiger partial charge is 0.436 e. The summed E-state index contributed by atoms with van der Waals surface area (Å²) in [6.07, 6.45) is -0.543. The van der Waals surface area contributed by atoms with Crippen molar-refractivity contribution in [3.05, 3.63) is 30.3 Å². The molecule has 1 aromatic carbocycles. The number of thioether (sulfide) groups is 1. The van der Waals surface area contributed by atoms with Crippen LogP contribution >= 0.6 is 11.8 Å². The molecule has 0 bridgehead atoms. The molecule has 0 spiro atoms. The van der Waals surface area contributed by atoms with Crippen LogP contribution in [0.1, 0.15) is 0 Å². The van der Waals surface area contributed by atoms with Crippen LogP contribution in [-0.4, -0.2) is 18.5 Å². The smallest absolute Gasteiger partial charge is 0.412 e. The highest BCUT2D eigenvalue weighted by atomic mass is 32.2. The van der Waals surface area contributed by atoms with Gasteiger partial charge in [-0.3, -0.25) is 5.32 Å². The lowest BCUT2D eigenvalue weighted by Gasteiger charge is -2.03. The molecule has 0 fully saturated rings. The molecule has 17 heavy (non-hydrogen) atoms. The van der Waals surface area contributed by atoms with Crippen molar-refractivity contribution in [2.24, 2.45) is 0 Å². The Kier molecular flexibility index (Phi) is 6.17. The van der Waals surface area contributed by atoms with Crippen LogP contribution in [0.25, 0.3) is 0 Å². The molecule has 0 saturated heterocycles. The first kappa shape index (κ1) is 13.0. The number of anilines is 1. The average molecular weight is 246 g/mol. The molecule has 0 unspecified atom stereocenters. The van der Waals surface area contributed by atoms with Crippen molar-refractivity contribution in [2.45, 2.75) is 0 Å². The van der Waals surface area contributed by atoms with E-state index in [1.807, 2.05) is 23.6 Å². The molecule has 1 amide bonds. The van der Waals surface area contributed by atoms with E-state index in [9.17, 15) is 4.79 Å². The third-order valence-electron chi connectivity index (χ3n) is 1.63. The van der Waals surface area contributed by atoms with Gasteiger partial charge in [0, 0.05) is 5.69 Å². The van der Waals surface area contributed by atoms with Crippen LogP contribution in [0.2, 0.25) is 0 Å². The monoisotopic (exact) mass is 246 g/mol. The van der Waals surface area contributed by atoms with Gasteiger partial charge in [-0.1, -0.05) is 30.0 Å². The Balaban J connectivity index is 2.22. The summed E-state index contributed by atoms with van der Waals surface area (Å²) in [6.45, 7) is 0.0185. The first-order chi connectivity index (χ1) is 8.33. The van der Waals surface area contributed by atoms with Crippen LogP contribution in [-0.2, 0) is 4.74 Å². The number of para-hydroxylation sites is 1. The molecule has 0 aliphatic heterocycles. The minimum absolute atomic E-state index is 0.0185. The van der Waals surface area contributed by atoms with E-state index in [1.165, 1.54) is 0 Å². The average Bonchev–Trinajstić information content (AvgIpc) is 2.35. The van der Waals surface area contributed by atoms with Crippen molar-refractivity contribution in [2.75, 3.05) is 17.7 Å². The highest BCUT2D eigenvalue weighted by Gasteiger charge is 1.99. The molecule has 4 nitrogen and oxygen atoms in total. The first-order valence-electron chi connectivity index (χ1n) is 4.78. The second-order valence-corrected chi connectivity index (χ2v) is 3.56. The Morgan fingerprint density at radius 3 is 2.82 bits per heavy atom.